The van der Waals surface area contributed by atoms with Gasteiger partial charge in [-0.05, 0) is 45.0 Å². The Bertz CT molecular complexity index is 601. The summed E-state index contributed by atoms with van der Waals surface area (Å²) in [5.74, 6) is 0.553. The molecule has 2 heterocycles. The fourth-order valence-electron chi connectivity index (χ4n) is 3.08. The minimum absolute atomic E-state index is 0.450. The van der Waals surface area contributed by atoms with Crippen LogP contribution in [0.15, 0.2) is 18.2 Å². The third kappa shape index (κ3) is 2.50. The molecule has 20 heavy (non-hydrogen) atoms. The van der Waals surface area contributed by atoms with Crippen molar-refractivity contribution in [1.82, 2.24) is 14.5 Å². The smallest absolute Gasteiger partial charge is 0.201 e. The Balaban J connectivity index is 1.88. The largest absolute Gasteiger partial charge is 0.369 e. The quantitative estimate of drug-likeness (QED) is 0.945. The molecule has 0 amide bonds. The molecule has 3 rings (SSSR count). The van der Waals surface area contributed by atoms with Crippen molar-refractivity contribution in [3.05, 3.63) is 23.2 Å². The molecule has 1 aromatic carbocycles. The maximum Gasteiger partial charge on any atom is 0.201 e. The third-order valence-electron chi connectivity index (χ3n) is 4.21. The van der Waals surface area contributed by atoms with Gasteiger partial charge in [0.05, 0.1) is 16.1 Å². The fraction of sp³-hybridized carbons (Fsp3) is 0.533. The SMILES string of the molecule is CC(Cn1c(N)nc2cccc(Cl)c21)N1CCCCC1. The van der Waals surface area contributed by atoms with E-state index in [1.165, 1.54) is 32.4 Å². The Hall–Kier alpha value is -1.26. The molecule has 0 spiro atoms. The minimum Gasteiger partial charge on any atom is -0.369 e. The number of piperidine rings is 1. The number of nitrogens with two attached hydrogens (primary N) is 1. The lowest BCUT2D eigenvalue weighted by atomic mass is 10.1. The van der Waals surface area contributed by atoms with Crippen LogP contribution in [0.3, 0.4) is 0 Å². The van der Waals surface area contributed by atoms with Crippen molar-refractivity contribution in [1.29, 1.82) is 0 Å². The van der Waals surface area contributed by atoms with Crippen molar-refractivity contribution < 1.29 is 0 Å². The molecule has 1 aliphatic rings. The molecule has 1 aliphatic heterocycles. The van der Waals surface area contributed by atoms with Gasteiger partial charge >= 0.3 is 0 Å². The molecule has 0 saturated carbocycles. The van der Waals surface area contributed by atoms with Crippen molar-refractivity contribution in [2.75, 3.05) is 18.8 Å². The van der Waals surface area contributed by atoms with Crippen molar-refractivity contribution >= 4 is 28.6 Å². The van der Waals surface area contributed by atoms with Crippen molar-refractivity contribution in [3.8, 4) is 0 Å². The number of likely N-dealkylation sites (tertiary alicyclic amines) is 1. The van der Waals surface area contributed by atoms with E-state index < -0.39 is 0 Å². The number of aromatic nitrogens is 2. The van der Waals surface area contributed by atoms with Crippen LogP contribution in [0.4, 0.5) is 5.95 Å². The molecule has 1 unspecified atom stereocenters. The van der Waals surface area contributed by atoms with E-state index >= 15 is 0 Å². The van der Waals surface area contributed by atoms with Crippen LogP contribution in [0.25, 0.3) is 11.0 Å². The number of para-hydroxylation sites is 1. The molecule has 1 fully saturated rings. The van der Waals surface area contributed by atoms with Gasteiger partial charge in [0.2, 0.25) is 5.95 Å². The highest BCUT2D eigenvalue weighted by Crippen LogP contribution is 2.26. The van der Waals surface area contributed by atoms with Crippen molar-refractivity contribution in [2.24, 2.45) is 0 Å². The van der Waals surface area contributed by atoms with Gasteiger partial charge in [0.15, 0.2) is 0 Å². The summed E-state index contributed by atoms with van der Waals surface area (Å²) in [5.41, 5.74) is 7.90. The normalized spacial score (nSPS) is 18.5. The number of imidazole rings is 1. The highest BCUT2D eigenvalue weighted by atomic mass is 35.5. The summed E-state index contributed by atoms with van der Waals surface area (Å²) >= 11 is 6.31. The number of fused-ring (bicyclic) bond motifs is 1. The van der Waals surface area contributed by atoms with E-state index in [-0.39, 0.29) is 0 Å². The van der Waals surface area contributed by atoms with Crippen LogP contribution in [0, 0.1) is 0 Å². The predicted molar refractivity (Wildman–Crippen MR) is 84.0 cm³/mol. The molecule has 2 aromatic rings. The highest BCUT2D eigenvalue weighted by Gasteiger charge is 2.19. The monoisotopic (exact) mass is 292 g/mol. The average molecular weight is 293 g/mol. The van der Waals surface area contributed by atoms with Gasteiger partial charge < -0.3 is 10.3 Å². The Kier molecular flexibility index (Phi) is 3.85. The molecule has 1 saturated heterocycles. The van der Waals surface area contributed by atoms with Crippen LogP contribution in [-0.2, 0) is 6.54 Å². The first-order valence-corrected chi connectivity index (χ1v) is 7.69. The van der Waals surface area contributed by atoms with Gasteiger partial charge in [-0.25, -0.2) is 4.98 Å². The molecule has 1 atom stereocenters. The van der Waals surface area contributed by atoms with E-state index in [2.05, 4.69) is 21.4 Å². The van der Waals surface area contributed by atoms with E-state index in [4.69, 9.17) is 17.3 Å². The van der Waals surface area contributed by atoms with E-state index in [0.29, 0.717) is 12.0 Å². The fourth-order valence-corrected chi connectivity index (χ4v) is 3.35. The molecular formula is C15H21ClN4. The van der Waals surface area contributed by atoms with Gasteiger partial charge in [0.25, 0.3) is 0 Å². The second-order valence-corrected chi connectivity index (χ2v) is 6.04. The maximum absolute atomic E-state index is 6.31. The van der Waals surface area contributed by atoms with Crippen LogP contribution in [0.1, 0.15) is 26.2 Å². The number of nitrogen functional groups attached to an aromatic ring is 1. The highest BCUT2D eigenvalue weighted by molar-refractivity contribution is 6.35. The van der Waals surface area contributed by atoms with Crippen LogP contribution in [0.2, 0.25) is 5.02 Å². The summed E-state index contributed by atoms with van der Waals surface area (Å²) in [6.07, 6.45) is 3.95. The zero-order chi connectivity index (χ0) is 14.1. The topological polar surface area (TPSA) is 47.1 Å². The molecule has 5 heteroatoms. The van der Waals surface area contributed by atoms with Gasteiger partial charge in [-0.1, -0.05) is 24.1 Å². The first-order chi connectivity index (χ1) is 9.66. The van der Waals surface area contributed by atoms with Crippen LogP contribution < -0.4 is 5.73 Å². The molecule has 0 bridgehead atoms. The zero-order valence-electron chi connectivity index (χ0n) is 11.8. The van der Waals surface area contributed by atoms with Crippen LogP contribution >= 0.6 is 11.6 Å². The molecule has 2 N–H and O–H groups in total. The lowest BCUT2D eigenvalue weighted by molar-refractivity contribution is 0.161. The number of hydrogen-bond donors (Lipinski definition) is 1. The Morgan fingerprint density at radius 3 is 2.80 bits per heavy atom. The number of nitrogens with zero attached hydrogens (tertiary/aromatic N) is 3. The first-order valence-electron chi connectivity index (χ1n) is 7.31. The van der Waals surface area contributed by atoms with Gasteiger partial charge in [0.1, 0.15) is 0 Å². The Morgan fingerprint density at radius 2 is 2.05 bits per heavy atom. The predicted octanol–water partition coefficient (Wildman–Crippen LogP) is 3.15. The Morgan fingerprint density at radius 1 is 1.30 bits per heavy atom. The van der Waals surface area contributed by atoms with Crippen molar-refractivity contribution in [2.45, 2.75) is 38.8 Å². The standard InChI is InChI=1S/C15H21ClN4/c1-11(19-8-3-2-4-9-19)10-20-14-12(16)6-5-7-13(14)18-15(20)17/h5-7,11H,2-4,8-10H2,1H3,(H2,17,18). The lowest BCUT2D eigenvalue weighted by Crippen LogP contribution is -2.39. The number of halogens is 1. The zero-order valence-corrected chi connectivity index (χ0v) is 12.6. The number of benzene rings is 1. The van der Waals surface area contributed by atoms with E-state index in [9.17, 15) is 0 Å². The van der Waals surface area contributed by atoms with Gasteiger partial charge in [-0.2, -0.15) is 0 Å². The van der Waals surface area contributed by atoms with Crippen LogP contribution in [-0.4, -0.2) is 33.6 Å². The summed E-state index contributed by atoms with van der Waals surface area (Å²) in [6.45, 7) is 5.46. The lowest BCUT2D eigenvalue weighted by Gasteiger charge is -2.32. The number of anilines is 1. The van der Waals surface area contributed by atoms with Gasteiger partial charge in [-0.3, -0.25) is 4.90 Å². The van der Waals surface area contributed by atoms with Gasteiger partial charge in [0, 0.05) is 12.6 Å². The number of hydrogen-bond acceptors (Lipinski definition) is 3. The first kappa shape index (κ1) is 13.7. The average Bonchev–Trinajstić information content (AvgIpc) is 2.77. The van der Waals surface area contributed by atoms with E-state index in [0.717, 1.165) is 22.6 Å². The van der Waals surface area contributed by atoms with E-state index in [1.54, 1.807) is 0 Å². The molecule has 1 aromatic heterocycles. The molecule has 0 aliphatic carbocycles. The molecule has 0 radical (unpaired) electrons. The summed E-state index contributed by atoms with van der Waals surface area (Å²) in [5, 5.41) is 0.720. The second kappa shape index (κ2) is 5.62. The van der Waals surface area contributed by atoms with E-state index in [1.807, 2.05) is 18.2 Å². The summed E-state index contributed by atoms with van der Waals surface area (Å²) in [6, 6.07) is 6.22. The summed E-state index contributed by atoms with van der Waals surface area (Å²) in [7, 11) is 0. The molecule has 108 valence electrons. The third-order valence-corrected chi connectivity index (χ3v) is 4.51. The summed E-state index contributed by atoms with van der Waals surface area (Å²) < 4.78 is 2.05. The Labute approximate surface area is 124 Å². The maximum atomic E-state index is 6.31. The second-order valence-electron chi connectivity index (χ2n) is 5.63. The molecule has 4 nitrogen and oxygen atoms in total. The van der Waals surface area contributed by atoms with Gasteiger partial charge in [-0.15, -0.1) is 0 Å². The minimum atomic E-state index is 0.450. The van der Waals surface area contributed by atoms with Crippen LogP contribution in [0.5, 0.6) is 0 Å². The summed E-state index contributed by atoms with van der Waals surface area (Å²) in [4.78, 5) is 6.94. The molecular weight excluding hydrogens is 272 g/mol. The number of rotatable bonds is 3. The van der Waals surface area contributed by atoms with Crippen molar-refractivity contribution in [3.63, 3.8) is 0 Å².